The number of aliphatic hydroxyl groups is 1. The number of ether oxygens (including phenoxy) is 3. The fraction of sp³-hybridized carbons (Fsp3) is 0.179. The van der Waals surface area contributed by atoms with E-state index in [1.807, 2.05) is 25.1 Å². The first-order valence-electron chi connectivity index (χ1n) is 11.4. The molecule has 4 aromatic rings. The molecule has 0 unspecified atom stereocenters. The highest BCUT2D eigenvalue weighted by Gasteiger charge is 2.49. The lowest BCUT2D eigenvalue weighted by atomic mass is 9.94. The zero-order valence-electron chi connectivity index (χ0n) is 20.6. The number of nitrogens with zero attached hydrogens (tertiary/aromatic N) is 2. The number of hydrogen-bond acceptors (Lipinski definition) is 8. The van der Waals surface area contributed by atoms with Gasteiger partial charge in [-0.1, -0.05) is 29.5 Å². The van der Waals surface area contributed by atoms with Gasteiger partial charge in [0, 0.05) is 11.1 Å². The first-order valence-corrected chi connectivity index (χ1v) is 12.2. The van der Waals surface area contributed by atoms with E-state index in [-0.39, 0.29) is 11.3 Å². The molecule has 188 valence electrons. The van der Waals surface area contributed by atoms with E-state index in [0.717, 1.165) is 10.3 Å². The molecule has 9 heteroatoms. The first kappa shape index (κ1) is 24.3. The van der Waals surface area contributed by atoms with Gasteiger partial charge in [-0.25, -0.2) is 4.98 Å². The normalized spacial score (nSPS) is 16.9. The van der Waals surface area contributed by atoms with Gasteiger partial charge in [-0.05, 0) is 55.0 Å². The molecule has 37 heavy (non-hydrogen) atoms. The molecule has 1 saturated heterocycles. The van der Waals surface area contributed by atoms with Gasteiger partial charge in [0.1, 0.15) is 29.0 Å². The van der Waals surface area contributed by atoms with Crippen LogP contribution in [0.25, 0.3) is 16.0 Å². The number of aryl methyl sites for hydroxylation is 1. The van der Waals surface area contributed by atoms with Crippen molar-refractivity contribution in [1.29, 1.82) is 0 Å². The van der Waals surface area contributed by atoms with E-state index < -0.39 is 17.7 Å². The summed E-state index contributed by atoms with van der Waals surface area (Å²) in [5.74, 6) is -0.531. The number of aliphatic hydroxyl groups excluding tert-OH is 1. The first-order chi connectivity index (χ1) is 17.9. The fourth-order valence-electron chi connectivity index (χ4n) is 4.43. The Labute approximate surface area is 217 Å². The van der Waals surface area contributed by atoms with Crippen LogP contribution in [0.15, 0.2) is 66.2 Å². The second kappa shape index (κ2) is 9.59. The summed E-state index contributed by atoms with van der Waals surface area (Å²) in [5, 5.41) is 11.8. The van der Waals surface area contributed by atoms with Crippen LogP contribution >= 0.6 is 11.3 Å². The lowest BCUT2D eigenvalue weighted by Gasteiger charge is -2.25. The Balaban J connectivity index is 1.79. The van der Waals surface area contributed by atoms with Crippen molar-refractivity contribution >= 4 is 44.1 Å². The predicted molar refractivity (Wildman–Crippen MR) is 142 cm³/mol. The van der Waals surface area contributed by atoms with Crippen molar-refractivity contribution in [2.75, 3.05) is 26.2 Å². The largest absolute Gasteiger partial charge is 0.507 e. The Kier molecular flexibility index (Phi) is 6.31. The van der Waals surface area contributed by atoms with Gasteiger partial charge < -0.3 is 19.3 Å². The molecule has 1 fully saturated rings. The molecule has 0 spiro atoms. The van der Waals surface area contributed by atoms with Crippen molar-refractivity contribution in [3.8, 4) is 17.2 Å². The van der Waals surface area contributed by atoms with Crippen molar-refractivity contribution in [1.82, 2.24) is 4.98 Å². The van der Waals surface area contributed by atoms with Crippen LogP contribution in [0.4, 0.5) is 5.13 Å². The Bertz CT molecular complexity index is 1570. The lowest BCUT2D eigenvalue weighted by Crippen LogP contribution is -2.29. The van der Waals surface area contributed by atoms with E-state index in [9.17, 15) is 14.7 Å². The summed E-state index contributed by atoms with van der Waals surface area (Å²) in [7, 11) is 4.53. The van der Waals surface area contributed by atoms with Gasteiger partial charge in [-0.15, -0.1) is 0 Å². The van der Waals surface area contributed by atoms with E-state index >= 15 is 0 Å². The minimum atomic E-state index is -1.02. The van der Waals surface area contributed by atoms with Gasteiger partial charge in [-0.3, -0.25) is 14.5 Å². The molecule has 2 heterocycles. The highest BCUT2D eigenvalue weighted by Crippen LogP contribution is 2.47. The number of hydrogen-bond donors (Lipinski definition) is 1. The molecule has 1 aliphatic rings. The van der Waals surface area contributed by atoms with Gasteiger partial charge >= 0.3 is 5.91 Å². The zero-order chi connectivity index (χ0) is 26.3. The smallest absolute Gasteiger partial charge is 0.301 e. The summed E-state index contributed by atoms with van der Waals surface area (Å²) < 4.78 is 17.2. The minimum Gasteiger partial charge on any atom is -0.507 e. The van der Waals surface area contributed by atoms with E-state index in [4.69, 9.17) is 14.2 Å². The maximum atomic E-state index is 13.6. The van der Waals surface area contributed by atoms with Crippen LogP contribution in [-0.2, 0) is 9.59 Å². The maximum absolute atomic E-state index is 13.6. The molecule has 1 amide bonds. The lowest BCUT2D eigenvalue weighted by molar-refractivity contribution is -0.132. The number of amides is 1. The van der Waals surface area contributed by atoms with Gasteiger partial charge in [0.25, 0.3) is 5.78 Å². The number of fused-ring (bicyclic) bond motifs is 1. The number of methoxy groups -OCH3 is 3. The van der Waals surface area contributed by atoms with Crippen LogP contribution in [0, 0.1) is 6.92 Å². The minimum absolute atomic E-state index is 0.0831. The molecule has 0 radical (unpaired) electrons. The van der Waals surface area contributed by atoms with Crippen molar-refractivity contribution in [3.63, 3.8) is 0 Å². The third-order valence-electron chi connectivity index (χ3n) is 6.26. The number of anilines is 1. The van der Waals surface area contributed by atoms with E-state index in [2.05, 4.69) is 4.98 Å². The Morgan fingerprint density at radius 3 is 2.43 bits per heavy atom. The molecular weight excluding hydrogens is 492 g/mol. The number of thiazole rings is 1. The molecule has 3 aromatic carbocycles. The highest BCUT2D eigenvalue weighted by molar-refractivity contribution is 7.22. The van der Waals surface area contributed by atoms with Crippen LogP contribution in [-0.4, -0.2) is 43.1 Å². The number of Topliss-reactive ketones (excluding diaryl/α,β-unsaturated/α-hetero) is 1. The van der Waals surface area contributed by atoms with E-state index in [0.29, 0.717) is 39.0 Å². The molecule has 1 aromatic heterocycles. The van der Waals surface area contributed by atoms with Crippen LogP contribution in [0.2, 0.25) is 0 Å². The second-order valence-corrected chi connectivity index (χ2v) is 9.49. The molecule has 5 rings (SSSR count). The Morgan fingerprint density at radius 1 is 0.946 bits per heavy atom. The monoisotopic (exact) mass is 516 g/mol. The maximum Gasteiger partial charge on any atom is 0.301 e. The van der Waals surface area contributed by atoms with Crippen LogP contribution in [0.1, 0.15) is 22.7 Å². The van der Waals surface area contributed by atoms with Crippen LogP contribution in [0.5, 0.6) is 17.2 Å². The van der Waals surface area contributed by atoms with Gasteiger partial charge in [0.05, 0.1) is 37.1 Å². The molecular formula is C28H24N2O6S. The van der Waals surface area contributed by atoms with Gasteiger partial charge in [-0.2, -0.15) is 0 Å². The van der Waals surface area contributed by atoms with Gasteiger partial charge in [0.2, 0.25) is 0 Å². The van der Waals surface area contributed by atoms with Crippen molar-refractivity contribution in [2.45, 2.75) is 13.0 Å². The summed E-state index contributed by atoms with van der Waals surface area (Å²) in [6.45, 7) is 1.97. The van der Waals surface area contributed by atoms with Crippen molar-refractivity contribution < 1.29 is 28.9 Å². The van der Waals surface area contributed by atoms with Crippen molar-refractivity contribution in [3.05, 3.63) is 82.9 Å². The fourth-order valence-corrected chi connectivity index (χ4v) is 5.52. The van der Waals surface area contributed by atoms with Gasteiger partial charge in [0.15, 0.2) is 5.13 Å². The average molecular weight is 517 g/mol. The molecule has 1 N–H and O–H groups in total. The number of ketones is 1. The quantitative estimate of drug-likeness (QED) is 0.212. The number of aromatic nitrogens is 1. The number of carbonyl (C=O) groups excluding carboxylic acids is 2. The third-order valence-corrected chi connectivity index (χ3v) is 7.28. The Morgan fingerprint density at radius 2 is 1.70 bits per heavy atom. The SMILES string of the molecule is COc1cccc(C(O)=C2C(=O)C(=O)N(c3nc4ccc(C)cc4s3)[C@H]2c2cc(OC)ccc2OC)c1. The van der Waals surface area contributed by atoms with E-state index in [1.54, 1.807) is 42.5 Å². The number of benzene rings is 3. The standard InChI is InChI=1S/C28H24N2O6S/c1-15-8-10-20-22(12-15)37-28(29-20)30-24(19-14-18(35-3)9-11-21(19)36-4)23(26(32)27(30)33)25(31)16-6-5-7-17(13-16)34-2/h5-14,24,31H,1-4H3/t24-/m0/s1. The summed E-state index contributed by atoms with van der Waals surface area (Å²) in [5.41, 5.74) is 2.48. The second-order valence-electron chi connectivity index (χ2n) is 8.48. The summed E-state index contributed by atoms with van der Waals surface area (Å²) in [6.07, 6.45) is 0. The summed E-state index contributed by atoms with van der Waals surface area (Å²) >= 11 is 1.30. The van der Waals surface area contributed by atoms with Crippen LogP contribution in [0.3, 0.4) is 0 Å². The Hall–Kier alpha value is -4.37. The number of carbonyl (C=O) groups is 2. The molecule has 0 aliphatic carbocycles. The molecule has 0 bridgehead atoms. The third kappa shape index (κ3) is 4.17. The van der Waals surface area contributed by atoms with Crippen molar-refractivity contribution in [2.24, 2.45) is 0 Å². The van der Waals surface area contributed by atoms with Crippen LogP contribution < -0.4 is 19.1 Å². The molecule has 0 saturated carbocycles. The summed E-state index contributed by atoms with van der Waals surface area (Å²) in [4.78, 5) is 33.1. The number of rotatable bonds is 6. The molecule has 8 nitrogen and oxygen atoms in total. The zero-order valence-corrected chi connectivity index (χ0v) is 21.5. The average Bonchev–Trinajstić information content (AvgIpc) is 3.45. The highest BCUT2D eigenvalue weighted by atomic mass is 32.1. The summed E-state index contributed by atoms with van der Waals surface area (Å²) in [6, 6.07) is 16.5. The molecule has 1 atom stereocenters. The topological polar surface area (TPSA) is 98.2 Å². The van der Waals surface area contributed by atoms with E-state index in [1.165, 1.54) is 37.6 Å². The predicted octanol–water partition coefficient (Wildman–Crippen LogP) is 5.26. The molecule has 1 aliphatic heterocycles.